The van der Waals surface area contributed by atoms with Crippen LogP contribution < -0.4 is 10.5 Å². The number of methoxy groups -OCH3 is 2. The van der Waals surface area contributed by atoms with Gasteiger partial charge >= 0.3 is 0 Å². The molecule has 0 saturated heterocycles. The number of halogens is 1. The van der Waals surface area contributed by atoms with Gasteiger partial charge in [0.2, 0.25) is 0 Å². The first-order chi connectivity index (χ1) is 7.60. The monoisotopic (exact) mass is 225 g/mol. The first-order valence-corrected chi connectivity index (χ1v) is 4.46. The molecule has 1 rings (SSSR count). The molecule has 1 amide bonds. The molecule has 0 saturated carbocycles. The van der Waals surface area contributed by atoms with Crippen LogP contribution in [0.4, 0.5) is 4.39 Å². The van der Waals surface area contributed by atoms with E-state index in [4.69, 9.17) is 15.2 Å². The van der Waals surface area contributed by atoms with Crippen molar-refractivity contribution in [2.24, 2.45) is 5.73 Å². The van der Waals surface area contributed by atoms with Gasteiger partial charge in [0.05, 0.1) is 26.1 Å². The van der Waals surface area contributed by atoms with Gasteiger partial charge in [0.25, 0.3) is 5.91 Å². The summed E-state index contributed by atoms with van der Waals surface area (Å²) in [5.41, 5.74) is 5.75. The third kappa shape index (κ3) is 2.50. The standard InChI is InChI=1S/C11H12FNO3/c1-15-6-8(11(13)14)7-3-4-9(12)10(5-7)16-2/h3-6H,1-2H3,(H2,13,14). The van der Waals surface area contributed by atoms with Crippen molar-refractivity contribution in [3.05, 3.63) is 35.8 Å². The lowest BCUT2D eigenvalue weighted by Crippen LogP contribution is -2.13. The molecule has 0 aromatic heterocycles. The number of hydrogen-bond donors (Lipinski definition) is 1. The number of benzene rings is 1. The van der Waals surface area contributed by atoms with Gasteiger partial charge in [0.1, 0.15) is 0 Å². The molecule has 0 heterocycles. The Morgan fingerprint density at radius 2 is 2.12 bits per heavy atom. The second kappa shape index (κ2) is 5.16. The van der Waals surface area contributed by atoms with Gasteiger partial charge in [-0.15, -0.1) is 0 Å². The Kier molecular flexibility index (Phi) is 3.88. The molecule has 0 spiro atoms. The van der Waals surface area contributed by atoms with Crippen LogP contribution in [-0.4, -0.2) is 20.1 Å². The predicted octanol–water partition coefficient (Wildman–Crippen LogP) is 1.31. The highest BCUT2D eigenvalue weighted by molar-refractivity contribution is 6.18. The number of amides is 1. The fourth-order valence-electron chi connectivity index (χ4n) is 1.21. The van der Waals surface area contributed by atoms with Gasteiger partial charge in [-0.25, -0.2) is 4.39 Å². The maximum atomic E-state index is 13.1. The van der Waals surface area contributed by atoms with E-state index in [9.17, 15) is 9.18 Å². The fourth-order valence-corrected chi connectivity index (χ4v) is 1.21. The van der Waals surface area contributed by atoms with Crippen molar-refractivity contribution in [2.45, 2.75) is 0 Å². The lowest BCUT2D eigenvalue weighted by molar-refractivity contribution is -0.112. The van der Waals surface area contributed by atoms with Crippen LogP contribution in [0.3, 0.4) is 0 Å². The van der Waals surface area contributed by atoms with Gasteiger partial charge < -0.3 is 15.2 Å². The Morgan fingerprint density at radius 1 is 1.44 bits per heavy atom. The molecule has 0 aliphatic rings. The highest BCUT2D eigenvalue weighted by Gasteiger charge is 2.11. The summed E-state index contributed by atoms with van der Waals surface area (Å²) in [7, 11) is 2.73. The molecule has 4 nitrogen and oxygen atoms in total. The smallest absolute Gasteiger partial charge is 0.252 e. The van der Waals surface area contributed by atoms with Crippen molar-refractivity contribution in [1.82, 2.24) is 0 Å². The number of carbonyl (C=O) groups excluding carboxylic acids is 1. The quantitative estimate of drug-likeness (QED) is 0.620. The number of carbonyl (C=O) groups is 1. The van der Waals surface area contributed by atoms with Crippen molar-refractivity contribution in [3.8, 4) is 5.75 Å². The Morgan fingerprint density at radius 3 is 2.62 bits per heavy atom. The van der Waals surface area contributed by atoms with Crippen LogP contribution in [0.2, 0.25) is 0 Å². The van der Waals surface area contributed by atoms with Crippen LogP contribution in [0.1, 0.15) is 5.56 Å². The summed E-state index contributed by atoms with van der Waals surface area (Å²) in [6, 6.07) is 4.00. The van der Waals surface area contributed by atoms with E-state index in [0.29, 0.717) is 5.56 Å². The molecule has 0 aliphatic heterocycles. The van der Waals surface area contributed by atoms with E-state index in [1.54, 1.807) is 0 Å². The van der Waals surface area contributed by atoms with Gasteiger partial charge in [-0.2, -0.15) is 0 Å². The molecule has 86 valence electrons. The Hall–Kier alpha value is -2.04. The van der Waals surface area contributed by atoms with Crippen molar-refractivity contribution >= 4 is 11.5 Å². The second-order valence-corrected chi connectivity index (χ2v) is 2.98. The van der Waals surface area contributed by atoms with E-state index in [-0.39, 0.29) is 11.3 Å². The Bertz CT molecular complexity index is 429. The minimum Gasteiger partial charge on any atom is -0.504 e. The number of hydrogen-bond acceptors (Lipinski definition) is 3. The maximum absolute atomic E-state index is 13.1. The summed E-state index contributed by atoms with van der Waals surface area (Å²) in [6.45, 7) is 0. The average Bonchev–Trinajstić information content (AvgIpc) is 2.26. The van der Waals surface area contributed by atoms with Crippen LogP contribution in [0.15, 0.2) is 24.5 Å². The van der Waals surface area contributed by atoms with Crippen molar-refractivity contribution in [3.63, 3.8) is 0 Å². The molecule has 1 aromatic rings. The highest BCUT2D eigenvalue weighted by atomic mass is 19.1. The molecule has 0 fully saturated rings. The van der Waals surface area contributed by atoms with Gasteiger partial charge in [0.15, 0.2) is 11.6 Å². The Balaban J connectivity index is 3.21. The molecular formula is C11H12FNO3. The largest absolute Gasteiger partial charge is 0.504 e. The van der Waals surface area contributed by atoms with E-state index in [2.05, 4.69) is 0 Å². The second-order valence-electron chi connectivity index (χ2n) is 2.98. The average molecular weight is 225 g/mol. The summed E-state index contributed by atoms with van der Waals surface area (Å²) in [5.74, 6) is -1.12. The molecule has 5 heteroatoms. The zero-order valence-corrected chi connectivity index (χ0v) is 8.99. The van der Waals surface area contributed by atoms with Gasteiger partial charge in [0, 0.05) is 0 Å². The number of ether oxygens (including phenoxy) is 2. The normalized spacial score (nSPS) is 11.1. The molecule has 0 unspecified atom stereocenters. The van der Waals surface area contributed by atoms with Crippen LogP contribution in [0, 0.1) is 5.82 Å². The number of primary amides is 1. The molecule has 0 aliphatic carbocycles. The molecule has 1 aromatic carbocycles. The maximum Gasteiger partial charge on any atom is 0.252 e. The van der Waals surface area contributed by atoms with Crippen LogP contribution in [0.5, 0.6) is 5.75 Å². The SMILES string of the molecule is COC=C(C(N)=O)c1ccc(F)c(OC)c1. The number of nitrogens with two attached hydrogens (primary N) is 1. The molecule has 2 N–H and O–H groups in total. The summed E-state index contributed by atoms with van der Waals surface area (Å²) < 4.78 is 22.7. The predicted molar refractivity (Wildman–Crippen MR) is 57.1 cm³/mol. The summed E-state index contributed by atoms with van der Waals surface area (Å²) >= 11 is 0. The minimum atomic E-state index is -0.657. The third-order valence-corrected chi connectivity index (χ3v) is 1.96. The van der Waals surface area contributed by atoms with Crippen LogP contribution in [0.25, 0.3) is 5.57 Å². The summed E-state index contributed by atoms with van der Waals surface area (Å²) in [5, 5.41) is 0. The first kappa shape index (κ1) is 12.0. The van der Waals surface area contributed by atoms with Crippen molar-refractivity contribution < 1.29 is 18.7 Å². The zero-order chi connectivity index (χ0) is 12.1. The zero-order valence-electron chi connectivity index (χ0n) is 8.99. The topological polar surface area (TPSA) is 61.5 Å². The van der Waals surface area contributed by atoms with Gasteiger partial charge in [-0.05, 0) is 17.7 Å². The van der Waals surface area contributed by atoms with Gasteiger partial charge in [-0.3, -0.25) is 4.79 Å². The molecule has 0 radical (unpaired) electrons. The van der Waals surface area contributed by atoms with E-state index < -0.39 is 11.7 Å². The molecule has 0 atom stereocenters. The van der Waals surface area contributed by atoms with E-state index in [1.165, 1.54) is 38.7 Å². The van der Waals surface area contributed by atoms with Crippen molar-refractivity contribution in [2.75, 3.05) is 14.2 Å². The van der Waals surface area contributed by atoms with E-state index >= 15 is 0 Å². The number of rotatable bonds is 4. The molecular weight excluding hydrogens is 213 g/mol. The van der Waals surface area contributed by atoms with Crippen LogP contribution >= 0.6 is 0 Å². The molecule has 16 heavy (non-hydrogen) atoms. The third-order valence-electron chi connectivity index (χ3n) is 1.96. The summed E-state index contributed by atoms with van der Waals surface area (Å²) in [6.07, 6.45) is 1.20. The van der Waals surface area contributed by atoms with Gasteiger partial charge in [-0.1, -0.05) is 6.07 Å². The lowest BCUT2D eigenvalue weighted by Gasteiger charge is -2.06. The molecule has 0 bridgehead atoms. The van der Waals surface area contributed by atoms with Crippen molar-refractivity contribution in [1.29, 1.82) is 0 Å². The fraction of sp³-hybridized carbons (Fsp3) is 0.182. The Labute approximate surface area is 92.5 Å². The van der Waals surface area contributed by atoms with E-state index in [1.807, 2.05) is 0 Å². The minimum absolute atomic E-state index is 0.0424. The first-order valence-electron chi connectivity index (χ1n) is 4.46. The van der Waals surface area contributed by atoms with Crippen LogP contribution in [-0.2, 0) is 9.53 Å². The highest BCUT2D eigenvalue weighted by Crippen LogP contribution is 2.23. The van der Waals surface area contributed by atoms with E-state index in [0.717, 1.165) is 0 Å². The summed E-state index contributed by atoms with van der Waals surface area (Å²) in [4.78, 5) is 11.1. The lowest BCUT2D eigenvalue weighted by atomic mass is 10.1.